The van der Waals surface area contributed by atoms with Crippen molar-refractivity contribution in [1.82, 2.24) is 0 Å². The number of aliphatic hydroxyl groups is 1. The van der Waals surface area contributed by atoms with Gasteiger partial charge in [-0.3, -0.25) is 5.41 Å². The van der Waals surface area contributed by atoms with Crippen molar-refractivity contribution >= 4 is 5.90 Å². The van der Waals surface area contributed by atoms with Crippen LogP contribution in [0.15, 0.2) is 0 Å². The molecule has 0 aromatic rings. The van der Waals surface area contributed by atoms with Gasteiger partial charge in [-0.05, 0) is 32.6 Å². The van der Waals surface area contributed by atoms with Crippen LogP contribution in [-0.2, 0) is 4.74 Å². The molecule has 0 saturated heterocycles. The molecular weight excluding hydrogens is 142 g/mol. The van der Waals surface area contributed by atoms with E-state index in [0.29, 0.717) is 19.4 Å². The van der Waals surface area contributed by atoms with E-state index in [1.807, 2.05) is 6.92 Å². The van der Waals surface area contributed by atoms with Crippen LogP contribution in [0, 0.1) is 5.41 Å². The fraction of sp³-hybridized carbons (Fsp3) is 0.875. The fourth-order valence-corrected chi connectivity index (χ4v) is 1.47. The molecule has 0 aromatic heterocycles. The predicted molar refractivity (Wildman–Crippen MR) is 42.8 cm³/mol. The number of rotatable bonds is 2. The molecule has 1 fully saturated rings. The lowest BCUT2D eigenvalue weighted by Crippen LogP contribution is -2.36. The first-order valence-electron chi connectivity index (χ1n) is 4.13. The Bertz CT molecular complexity index is 150. The van der Waals surface area contributed by atoms with Gasteiger partial charge in [-0.1, -0.05) is 0 Å². The first kappa shape index (κ1) is 8.53. The summed E-state index contributed by atoms with van der Waals surface area (Å²) in [5.74, 6) is 0.0532. The fourth-order valence-electron chi connectivity index (χ4n) is 1.47. The second-order valence-corrected chi connectivity index (χ2v) is 3.00. The monoisotopic (exact) mass is 157 g/mol. The van der Waals surface area contributed by atoms with Gasteiger partial charge in [0.1, 0.15) is 5.60 Å². The van der Waals surface area contributed by atoms with E-state index >= 15 is 0 Å². The molecule has 11 heavy (non-hydrogen) atoms. The van der Waals surface area contributed by atoms with Crippen molar-refractivity contribution in [3.8, 4) is 0 Å². The summed E-state index contributed by atoms with van der Waals surface area (Å²) in [6, 6.07) is 0. The summed E-state index contributed by atoms with van der Waals surface area (Å²) in [4.78, 5) is 0. The molecule has 0 unspecified atom stereocenters. The molecule has 3 nitrogen and oxygen atoms in total. The lowest BCUT2D eigenvalue weighted by molar-refractivity contribution is 0.0852. The Balaban J connectivity index is 2.49. The first-order valence-corrected chi connectivity index (χ1v) is 4.13. The van der Waals surface area contributed by atoms with Gasteiger partial charge >= 0.3 is 0 Å². The third-order valence-electron chi connectivity index (χ3n) is 2.14. The third kappa shape index (κ3) is 1.71. The summed E-state index contributed by atoms with van der Waals surface area (Å²) in [5, 5.41) is 17.2. The van der Waals surface area contributed by atoms with Gasteiger partial charge in [0.25, 0.3) is 0 Å². The summed E-state index contributed by atoms with van der Waals surface area (Å²) >= 11 is 0. The van der Waals surface area contributed by atoms with Crippen molar-refractivity contribution in [3.63, 3.8) is 0 Å². The first-order chi connectivity index (χ1) is 5.19. The van der Waals surface area contributed by atoms with Crippen LogP contribution in [-0.4, -0.2) is 23.2 Å². The Morgan fingerprint density at radius 1 is 1.55 bits per heavy atom. The average molecular weight is 157 g/mol. The second kappa shape index (κ2) is 3.22. The van der Waals surface area contributed by atoms with Crippen LogP contribution in [0.3, 0.4) is 0 Å². The van der Waals surface area contributed by atoms with E-state index < -0.39 is 5.60 Å². The van der Waals surface area contributed by atoms with Crippen LogP contribution in [0.5, 0.6) is 0 Å². The highest BCUT2D eigenvalue weighted by atomic mass is 16.5. The molecule has 2 N–H and O–H groups in total. The molecule has 0 spiro atoms. The maximum Gasteiger partial charge on any atom is 0.213 e. The molecule has 64 valence electrons. The van der Waals surface area contributed by atoms with E-state index in [1.165, 1.54) is 0 Å². The van der Waals surface area contributed by atoms with Crippen LogP contribution in [0.4, 0.5) is 0 Å². The van der Waals surface area contributed by atoms with Crippen LogP contribution in [0.1, 0.15) is 32.6 Å². The maximum atomic E-state index is 9.74. The third-order valence-corrected chi connectivity index (χ3v) is 2.14. The van der Waals surface area contributed by atoms with Gasteiger partial charge in [-0.2, -0.15) is 0 Å². The molecule has 1 aliphatic carbocycles. The highest BCUT2D eigenvalue weighted by Gasteiger charge is 2.37. The van der Waals surface area contributed by atoms with Crippen molar-refractivity contribution in [3.05, 3.63) is 0 Å². The van der Waals surface area contributed by atoms with Crippen molar-refractivity contribution in [2.45, 2.75) is 38.2 Å². The zero-order chi connectivity index (χ0) is 8.32. The van der Waals surface area contributed by atoms with Gasteiger partial charge in [0.15, 0.2) is 0 Å². The van der Waals surface area contributed by atoms with Crippen molar-refractivity contribution < 1.29 is 9.84 Å². The molecule has 3 heteroatoms. The number of nitrogens with one attached hydrogen (secondary N) is 1. The molecule has 1 rings (SSSR count). The van der Waals surface area contributed by atoms with E-state index in [-0.39, 0.29) is 5.90 Å². The van der Waals surface area contributed by atoms with E-state index in [9.17, 15) is 5.11 Å². The minimum absolute atomic E-state index is 0.0532. The summed E-state index contributed by atoms with van der Waals surface area (Å²) in [7, 11) is 0. The second-order valence-electron chi connectivity index (χ2n) is 3.00. The Kier molecular flexibility index (Phi) is 2.49. The van der Waals surface area contributed by atoms with Crippen LogP contribution < -0.4 is 0 Å². The molecule has 1 saturated carbocycles. The standard InChI is InChI=1S/C8H15NO2/c1-2-11-7(9)8(10)5-3-4-6-8/h9-10H,2-6H2,1H3. The minimum atomic E-state index is -0.935. The van der Waals surface area contributed by atoms with Crippen molar-refractivity contribution in [2.24, 2.45) is 0 Å². The van der Waals surface area contributed by atoms with Crippen molar-refractivity contribution in [1.29, 1.82) is 5.41 Å². The van der Waals surface area contributed by atoms with Crippen LogP contribution in [0.25, 0.3) is 0 Å². The molecule has 0 atom stereocenters. The van der Waals surface area contributed by atoms with E-state index in [0.717, 1.165) is 12.8 Å². The summed E-state index contributed by atoms with van der Waals surface area (Å²) in [6.45, 7) is 2.30. The Morgan fingerprint density at radius 2 is 2.09 bits per heavy atom. The SMILES string of the molecule is CCOC(=N)C1(O)CCCC1. The highest BCUT2D eigenvalue weighted by Crippen LogP contribution is 2.30. The van der Waals surface area contributed by atoms with E-state index in [2.05, 4.69) is 0 Å². The van der Waals surface area contributed by atoms with E-state index in [1.54, 1.807) is 0 Å². The van der Waals surface area contributed by atoms with Gasteiger partial charge in [0, 0.05) is 0 Å². The average Bonchev–Trinajstić information content (AvgIpc) is 2.38. The van der Waals surface area contributed by atoms with Gasteiger partial charge in [-0.25, -0.2) is 0 Å². The molecule has 0 radical (unpaired) electrons. The molecule has 0 bridgehead atoms. The van der Waals surface area contributed by atoms with Gasteiger partial charge < -0.3 is 9.84 Å². The Labute approximate surface area is 66.9 Å². The maximum absolute atomic E-state index is 9.74. The lowest BCUT2D eigenvalue weighted by atomic mass is 10.0. The van der Waals surface area contributed by atoms with Gasteiger partial charge in [-0.15, -0.1) is 0 Å². The summed E-state index contributed by atoms with van der Waals surface area (Å²) in [6.07, 6.45) is 3.38. The molecule has 0 heterocycles. The molecule has 0 aromatic carbocycles. The quantitative estimate of drug-likeness (QED) is 0.469. The highest BCUT2D eigenvalue weighted by molar-refractivity contribution is 5.82. The largest absolute Gasteiger partial charge is 0.479 e. The molecular formula is C8H15NO2. The van der Waals surface area contributed by atoms with Crippen LogP contribution >= 0.6 is 0 Å². The molecule has 0 aliphatic heterocycles. The number of ether oxygens (including phenoxy) is 1. The van der Waals surface area contributed by atoms with E-state index in [4.69, 9.17) is 10.1 Å². The Hall–Kier alpha value is -0.570. The minimum Gasteiger partial charge on any atom is -0.479 e. The predicted octanol–water partition coefficient (Wildman–Crippen LogP) is 1.31. The lowest BCUT2D eigenvalue weighted by Gasteiger charge is -2.21. The smallest absolute Gasteiger partial charge is 0.213 e. The van der Waals surface area contributed by atoms with Gasteiger partial charge in [0.2, 0.25) is 5.90 Å². The Morgan fingerprint density at radius 3 is 2.55 bits per heavy atom. The zero-order valence-corrected chi connectivity index (χ0v) is 6.89. The molecule has 1 aliphatic rings. The number of hydrogen-bond donors (Lipinski definition) is 2. The van der Waals surface area contributed by atoms with Gasteiger partial charge in [0.05, 0.1) is 6.61 Å². The van der Waals surface area contributed by atoms with Crippen molar-refractivity contribution in [2.75, 3.05) is 6.61 Å². The number of hydrogen-bond acceptors (Lipinski definition) is 3. The van der Waals surface area contributed by atoms with Crippen LogP contribution in [0.2, 0.25) is 0 Å². The molecule has 0 amide bonds. The summed E-state index contributed by atoms with van der Waals surface area (Å²) in [5.41, 5.74) is -0.935. The normalized spacial score (nSPS) is 21.6. The topological polar surface area (TPSA) is 53.3 Å². The zero-order valence-electron chi connectivity index (χ0n) is 6.89. The summed E-state index contributed by atoms with van der Waals surface area (Å²) < 4.78 is 4.96.